The number of anilines is 1. The van der Waals surface area contributed by atoms with Crippen LogP contribution in [0.5, 0.6) is 0 Å². The van der Waals surface area contributed by atoms with Crippen LogP contribution in [-0.4, -0.2) is 20.2 Å². The lowest BCUT2D eigenvalue weighted by Gasteiger charge is -2.02. The van der Waals surface area contributed by atoms with Gasteiger partial charge in [0.05, 0.1) is 11.7 Å². The lowest BCUT2D eigenvalue weighted by Crippen LogP contribution is -1.93. The molecule has 6 heteroatoms. The Morgan fingerprint density at radius 2 is 2.25 bits per heavy atom. The molecule has 3 aromatic rings. The minimum atomic E-state index is 0.678. The van der Waals surface area contributed by atoms with Gasteiger partial charge in [-0.05, 0) is 12.1 Å². The van der Waals surface area contributed by atoms with Gasteiger partial charge in [0.15, 0.2) is 5.01 Å². The quantitative estimate of drug-likeness (QED) is 0.687. The molecule has 16 heavy (non-hydrogen) atoms. The lowest BCUT2D eigenvalue weighted by molar-refractivity contribution is 1.09. The van der Waals surface area contributed by atoms with Crippen molar-refractivity contribution in [3.8, 4) is 10.7 Å². The lowest BCUT2D eigenvalue weighted by atomic mass is 10.2. The predicted octanol–water partition coefficient (Wildman–Crippen LogP) is 1.73. The summed E-state index contributed by atoms with van der Waals surface area (Å²) >= 11 is 1.43. The number of nitrogens with two attached hydrogens (primary N) is 1. The average molecular weight is 229 g/mol. The highest BCUT2D eigenvalue weighted by Crippen LogP contribution is 2.26. The number of aromatic nitrogens is 4. The predicted molar refractivity (Wildman–Crippen MR) is 62.9 cm³/mol. The van der Waals surface area contributed by atoms with E-state index in [-0.39, 0.29) is 0 Å². The molecule has 0 saturated carbocycles. The maximum atomic E-state index is 5.95. The van der Waals surface area contributed by atoms with Crippen LogP contribution in [0, 0.1) is 0 Å². The van der Waals surface area contributed by atoms with Crippen molar-refractivity contribution in [3.05, 3.63) is 30.0 Å². The van der Waals surface area contributed by atoms with Gasteiger partial charge in [0, 0.05) is 17.3 Å². The summed E-state index contributed by atoms with van der Waals surface area (Å²) in [6.45, 7) is 0. The molecule has 0 aromatic carbocycles. The zero-order valence-electron chi connectivity index (χ0n) is 8.16. The third kappa shape index (κ3) is 1.40. The van der Waals surface area contributed by atoms with Gasteiger partial charge in [0.2, 0.25) is 0 Å². The normalized spacial score (nSPS) is 10.8. The molecular formula is C10H7N5S. The fourth-order valence-electron chi connectivity index (χ4n) is 1.50. The summed E-state index contributed by atoms with van der Waals surface area (Å²) in [5, 5.41) is 9.41. The molecular weight excluding hydrogens is 222 g/mol. The smallest absolute Gasteiger partial charge is 0.166 e. The van der Waals surface area contributed by atoms with Crippen molar-refractivity contribution in [2.45, 2.75) is 0 Å². The summed E-state index contributed by atoms with van der Waals surface area (Å²) in [4.78, 5) is 8.47. The van der Waals surface area contributed by atoms with Gasteiger partial charge in [-0.2, -0.15) is 0 Å². The van der Waals surface area contributed by atoms with Gasteiger partial charge in [0.1, 0.15) is 11.2 Å². The molecule has 3 aromatic heterocycles. The molecule has 0 amide bonds. The van der Waals surface area contributed by atoms with Crippen LogP contribution < -0.4 is 5.73 Å². The molecule has 0 radical (unpaired) electrons. The summed E-state index contributed by atoms with van der Waals surface area (Å²) in [6, 6.07) is 3.66. The minimum Gasteiger partial charge on any atom is -0.398 e. The summed E-state index contributed by atoms with van der Waals surface area (Å²) in [5.74, 6) is 0. The Balaban J connectivity index is 2.29. The summed E-state index contributed by atoms with van der Waals surface area (Å²) < 4.78 is 0. The van der Waals surface area contributed by atoms with E-state index in [0.29, 0.717) is 5.69 Å². The first-order valence-corrected chi connectivity index (χ1v) is 5.49. The molecule has 0 fully saturated rings. The Labute approximate surface area is 95.0 Å². The molecule has 0 saturated heterocycles. The summed E-state index contributed by atoms with van der Waals surface area (Å²) in [6.07, 6.45) is 3.39. The number of pyridine rings is 2. The second kappa shape index (κ2) is 3.49. The Bertz CT molecular complexity index is 635. The highest BCUT2D eigenvalue weighted by Gasteiger charge is 2.07. The van der Waals surface area contributed by atoms with Crippen LogP contribution in [0.4, 0.5) is 5.69 Å². The molecule has 3 heterocycles. The van der Waals surface area contributed by atoms with Crippen LogP contribution in [0.15, 0.2) is 30.0 Å². The third-order valence-corrected chi connectivity index (χ3v) is 2.94. The van der Waals surface area contributed by atoms with E-state index in [4.69, 9.17) is 5.73 Å². The van der Waals surface area contributed by atoms with Crippen molar-refractivity contribution >= 4 is 27.9 Å². The van der Waals surface area contributed by atoms with E-state index in [1.807, 2.05) is 12.1 Å². The van der Waals surface area contributed by atoms with Gasteiger partial charge < -0.3 is 5.73 Å². The number of nitrogens with zero attached hydrogens (tertiary/aromatic N) is 4. The summed E-state index contributed by atoms with van der Waals surface area (Å²) in [7, 11) is 0. The minimum absolute atomic E-state index is 0.678. The van der Waals surface area contributed by atoms with Crippen LogP contribution in [0.2, 0.25) is 0 Å². The molecule has 0 aliphatic carbocycles. The van der Waals surface area contributed by atoms with E-state index in [9.17, 15) is 0 Å². The maximum absolute atomic E-state index is 5.95. The zero-order chi connectivity index (χ0) is 11.0. The highest BCUT2D eigenvalue weighted by atomic mass is 32.1. The van der Waals surface area contributed by atoms with E-state index >= 15 is 0 Å². The Kier molecular flexibility index (Phi) is 2.00. The third-order valence-electron chi connectivity index (χ3n) is 2.22. The van der Waals surface area contributed by atoms with Crippen LogP contribution in [0.25, 0.3) is 21.6 Å². The standard InChI is InChI=1S/C10H7N5S/c11-7-3-8(10-15-13-5-16-10)14-9-4-12-2-1-6(7)9/h1-5H,(H2,11,14). The SMILES string of the molecule is Nc1cc(-c2nncs2)nc2cnccc12. The first kappa shape index (κ1) is 9.17. The Morgan fingerprint density at radius 3 is 3.06 bits per heavy atom. The second-order valence-electron chi connectivity index (χ2n) is 3.23. The molecule has 5 nitrogen and oxygen atoms in total. The van der Waals surface area contributed by atoms with E-state index in [1.54, 1.807) is 17.9 Å². The number of hydrogen-bond donors (Lipinski definition) is 1. The van der Waals surface area contributed by atoms with E-state index in [1.165, 1.54) is 11.3 Å². The number of nitrogen functional groups attached to an aromatic ring is 1. The van der Waals surface area contributed by atoms with Crippen LogP contribution in [0.1, 0.15) is 0 Å². The second-order valence-corrected chi connectivity index (χ2v) is 4.07. The van der Waals surface area contributed by atoms with Crippen molar-refractivity contribution in [3.63, 3.8) is 0 Å². The molecule has 3 rings (SSSR count). The molecule has 0 spiro atoms. The van der Waals surface area contributed by atoms with Crippen molar-refractivity contribution in [2.75, 3.05) is 5.73 Å². The number of hydrogen-bond acceptors (Lipinski definition) is 6. The van der Waals surface area contributed by atoms with E-state index in [2.05, 4.69) is 20.2 Å². The molecule has 0 bridgehead atoms. The average Bonchev–Trinajstić information content (AvgIpc) is 2.82. The molecule has 78 valence electrons. The largest absolute Gasteiger partial charge is 0.398 e. The van der Waals surface area contributed by atoms with Crippen LogP contribution in [-0.2, 0) is 0 Å². The summed E-state index contributed by atoms with van der Waals surface area (Å²) in [5.41, 5.74) is 9.81. The first-order chi connectivity index (χ1) is 7.84. The molecule has 0 atom stereocenters. The first-order valence-electron chi connectivity index (χ1n) is 4.61. The van der Waals surface area contributed by atoms with Crippen molar-refractivity contribution in [1.82, 2.24) is 20.2 Å². The Hall–Kier alpha value is -2.08. The molecule has 0 unspecified atom stereocenters. The van der Waals surface area contributed by atoms with Crippen LogP contribution >= 0.6 is 11.3 Å². The molecule has 2 N–H and O–H groups in total. The van der Waals surface area contributed by atoms with Gasteiger partial charge >= 0.3 is 0 Å². The fourth-order valence-corrected chi connectivity index (χ4v) is 2.01. The van der Waals surface area contributed by atoms with Crippen molar-refractivity contribution in [2.24, 2.45) is 0 Å². The molecule has 0 aliphatic rings. The number of fused-ring (bicyclic) bond motifs is 1. The van der Waals surface area contributed by atoms with Crippen molar-refractivity contribution in [1.29, 1.82) is 0 Å². The fraction of sp³-hybridized carbons (Fsp3) is 0. The van der Waals surface area contributed by atoms with Gasteiger partial charge in [0.25, 0.3) is 0 Å². The van der Waals surface area contributed by atoms with Gasteiger partial charge in [-0.1, -0.05) is 11.3 Å². The van der Waals surface area contributed by atoms with Gasteiger partial charge in [-0.15, -0.1) is 10.2 Å². The van der Waals surface area contributed by atoms with E-state index in [0.717, 1.165) is 21.6 Å². The van der Waals surface area contributed by atoms with Gasteiger partial charge in [-0.25, -0.2) is 4.98 Å². The van der Waals surface area contributed by atoms with Crippen LogP contribution in [0.3, 0.4) is 0 Å². The Morgan fingerprint density at radius 1 is 1.31 bits per heavy atom. The molecule has 0 aliphatic heterocycles. The monoisotopic (exact) mass is 229 g/mol. The maximum Gasteiger partial charge on any atom is 0.166 e. The highest BCUT2D eigenvalue weighted by molar-refractivity contribution is 7.12. The zero-order valence-corrected chi connectivity index (χ0v) is 8.98. The van der Waals surface area contributed by atoms with Crippen molar-refractivity contribution < 1.29 is 0 Å². The van der Waals surface area contributed by atoms with Gasteiger partial charge in [-0.3, -0.25) is 4.98 Å². The van der Waals surface area contributed by atoms with E-state index < -0.39 is 0 Å². The number of rotatable bonds is 1. The topological polar surface area (TPSA) is 77.6 Å².